The topological polar surface area (TPSA) is 125 Å². The third-order valence-corrected chi connectivity index (χ3v) is 6.59. The SMILES string of the molecule is COc1cc(Cc2cnc(N)nc2N)cc(C(=O)C=CC2Cc3ccccc3C(CC(C)C)N2)c1OC. The van der Waals surface area contributed by atoms with Crippen molar-refractivity contribution in [1.82, 2.24) is 15.3 Å². The van der Waals surface area contributed by atoms with Crippen molar-refractivity contribution in [3.8, 4) is 11.5 Å². The second kappa shape index (κ2) is 11.4. The fourth-order valence-corrected chi connectivity index (χ4v) is 4.88. The summed E-state index contributed by atoms with van der Waals surface area (Å²) in [5.41, 5.74) is 16.3. The smallest absolute Gasteiger partial charge is 0.221 e. The van der Waals surface area contributed by atoms with Crippen molar-refractivity contribution in [3.05, 3.63) is 82.6 Å². The van der Waals surface area contributed by atoms with E-state index in [4.69, 9.17) is 20.9 Å². The number of carbonyl (C=O) groups excluding carboxylic acids is 1. The van der Waals surface area contributed by atoms with Gasteiger partial charge in [-0.3, -0.25) is 4.79 Å². The minimum Gasteiger partial charge on any atom is -0.493 e. The van der Waals surface area contributed by atoms with Crippen LogP contribution in [0.1, 0.15) is 58.9 Å². The summed E-state index contributed by atoms with van der Waals surface area (Å²) in [5, 5.41) is 3.72. The zero-order chi connectivity index (χ0) is 26.5. The molecule has 2 unspecified atom stereocenters. The van der Waals surface area contributed by atoms with Crippen LogP contribution >= 0.6 is 0 Å². The highest BCUT2D eigenvalue weighted by Gasteiger charge is 2.25. The minimum absolute atomic E-state index is 0.0467. The average Bonchev–Trinajstić information content (AvgIpc) is 2.88. The molecule has 37 heavy (non-hydrogen) atoms. The summed E-state index contributed by atoms with van der Waals surface area (Å²) in [6.07, 6.45) is 7.44. The van der Waals surface area contributed by atoms with Gasteiger partial charge in [0.05, 0.1) is 19.8 Å². The summed E-state index contributed by atoms with van der Waals surface area (Å²) in [6, 6.07) is 12.5. The molecule has 0 aliphatic carbocycles. The van der Waals surface area contributed by atoms with Crippen molar-refractivity contribution in [2.75, 3.05) is 25.7 Å². The maximum absolute atomic E-state index is 13.4. The molecule has 8 heteroatoms. The number of nitrogen functional groups attached to an aromatic ring is 2. The van der Waals surface area contributed by atoms with Crippen molar-refractivity contribution in [2.45, 2.75) is 45.2 Å². The lowest BCUT2D eigenvalue weighted by atomic mass is 9.86. The number of nitrogens with two attached hydrogens (primary N) is 2. The number of allylic oxidation sites excluding steroid dienone is 1. The van der Waals surface area contributed by atoms with E-state index in [0.717, 1.165) is 18.4 Å². The third-order valence-electron chi connectivity index (χ3n) is 6.59. The second-order valence-corrected chi connectivity index (χ2v) is 9.78. The summed E-state index contributed by atoms with van der Waals surface area (Å²) >= 11 is 0. The fraction of sp³-hybridized carbons (Fsp3) is 0.345. The zero-order valence-corrected chi connectivity index (χ0v) is 21.8. The summed E-state index contributed by atoms with van der Waals surface area (Å²) in [4.78, 5) is 21.5. The van der Waals surface area contributed by atoms with Crippen LogP contribution in [0, 0.1) is 5.92 Å². The molecular weight excluding hydrogens is 466 g/mol. The number of ether oxygens (including phenoxy) is 2. The van der Waals surface area contributed by atoms with Crippen LogP contribution in [0.3, 0.4) is 0 Å². The number of carbonyl (C=O) groups is 1. The van der Waals surface area contributed by atoms with Crippen molar-refractivity contribution in [1.29, 1.82) is 0 Å². The van der Waals surface area contributed by atoms with E-state index in [-0.39, 0.29) is 23.8 Å². The normalized spacial score (nSPS) is 17.1. The van der Waals surface area contributed by atoms with Gasteiger partial charge < -0.3 is 26.3 Å². The Balaban J connectivity index is 1.60. The molecule has 5 N–H and O–H groups in total. The van der Waals surface area contributed by atoms with Gasteiger partial charge in [-0.15, -0.1) is 0 Å². The van der Waals surface area contributed by atoms with Gasteiger partial charge in [0.15, 0.2) is 17.3 Å². The number of methoxy groups -OCH3 is 2. The van der Waals surface area contributed by atoms with Crippen LogP contribution in [0.2, 0.25) is 0 Å². The lowest BCUT2D eigenvalue weighted by Gasteiger charge is -2.33. The van der Waals surface area contributed by atoms with E-state index >= 15 is 0 Å². The number of fused-ring (bicyclic) bond motifs is 1. The quantitative estimate of drug-likeness (QED) is 0.293. The molecule has 194 valence electrons. The monoisotopic (exact) mass is 501 g/mol. The molecule has 1 aromatic heterocycles. The average molecular weight is 502 g/mol. The molecule has 0 amide bonds. The molecule has 0 fully saturated rings. The second-order valence-electron chi connectivity index (χ2n) is 9.78. The van der Waals surface area contributed by atoms with Crippen LogP contribution < -0.4 is 26.3 Å². The number of ketones is 1. The van der Waals surface area contributed by atoms with Gasteiger partial charge in [0.25, 0.3) is 0 Å². The Hall–Kier alpha value is -3.91. The number of hydrogen-bond donors (Lipinski definition) is 3. The summed E-state index contributed by atoms with van der Waals surface area (Å²) in [5.74, 6) is 1.66. The van der Waals surface area contributed by atoms with E-state index in [1.54, 1.807) is 25.4 Å². The Morgan fingerprint density at radius 1 is 1.19 bits per heavy atom. The highest BCUT2D eigenvalue weighted by atomic mass is 16.5. The summed E-state index contributed by atoms with van der Waals surface area (Å²) < 4.78 is 11.1. The van der Waals surface area contributed by atoms with Gasteiger partial charge in [-0.1, -0.05) is 44.2 Å². The molecule has 3 aromatic rings. The first-order valence-electron chi connectivity index (χ1n) is 12.5. The summed E-state index contributed by atoms with van der Waals surface area (Å²) in [6.45, 7) is 4.45. The van der Waals surface area contributed by atoms with E-state index in [2.05, 4.69) is 53.4 Å². The largest absolute Gasteiger partial charge is 0.493 e. The van der Waals surface area contributed by atoms with Gasteiger partial charge in [-0.2, -0.15) is 4.98 Å². The van der Waals surface area contributed by atoms with Gasteiger partial charge in [-0.25, -0.2) is 4.98 Å². The Kier molecular flexibility index (Phi) is 8.08. The lowest BCUT2D eigenvalue weighted by Crippen LogP contribution is -2.38. The number of rotatable bonds is 9. The maximum Gasteiger partial charge on any atom is 0.221 e. The highest BCUT2D eigenvalue weighted by Crippen LogP contribution is 2.35. The predicted molar refractivity (Wildman–Crippen MR) is 146 cm³/mol. The van der Waals surface area contributed by atoms with E-state index in [1.165, 1.54) is 18.2 Å². The van der Waals surface area contributed by atoms with Crippen LogP contribution in [0.25, 0.3) is 0 Å². The van der Waals surface area contributed by atoms with Crippen molar-refractivity contribution >= 4 is 17.5 Å². The zero-order valence-electron chi connectivity index (χ0n) is 21.8. The Morgan fingerprint density at radius 3 is 2.68 bits per heavy atom. The molecule has 0 bridgehead atoms. The molecule has 8 nitrogen and oxygen atoms in total. The van der Waals surface area contributed by atoms with Crippen molar-refractivity contribution in [2.24, 2.45) is 5.92 Å². The first kappa shape index (κ1) is 26.2. The molecule has 2 heterocycles. The number of nitrogens with one attached hydrogen (secondary N) is 1. The molecule has 1 aliphatic rings. The number of hydrogen-bond acceptors (Lipinski definition) is 8. The van der Waals surface area contributed by atoms with Crippen molar-refractivity contribution < 1.29 is 14.3 Å². The van der Waals surface area contributed by atoms with E-state index in [0.29, 0.717) is 40.8 Å². The first-order chi connectivity index (χ1) is 17.8. The molecule has 4 rings (SSSR count). The maximum atomic E-state index is 13.4. The molecular formula is C29H35N5O3. The van der Waals surface area contributed by atoms with Crippen molar-refractivity contribution in [3.63, 3.8) is 0 Å². The lowest BCUT2D eigenvalue weighted by molar-refractivity contribution is 0.104. The first-order valence-corrected chi connectivity index (χ1v) is 12.5. The van der Waals surface area contributed by atoms with Gasteiger partial charge in [0.1, 0.15) is 5.82 Å². The van der Waals surface area contributed by atoms with Crippen LogP contribution in [0.4, 0.5) is 11.8 Å². The predicted octanol–water partition coefficient (Wildman–Crippen LogP) is 4.29. The molecule has 0 saturated heterocycles. The molecule has 2 atom stereocenters. The van der Waals surface area contributed by atoms with Crippen LogP contribution in [-0.2, 0) is 12.8 Å². The number of benzene rings is 2. The molecule has 2 aromatic carbocycles. The van der Waals surface area contributed by atoms with Crippen LogP contribution in [0.5, 0.6) is 11.5 Å². The number of anilines is 2. The van der Waals surface area contributed by atoms with Crippen LogP contribution in [-0.4, -0.2) is 36.0 Å². The minimum atomic E-state index is -0.167. The van der Waals surface area contributed by atoms with Gasteiger partial charge in [-0.05, 0) is 53.7 Å². The molecule has 1 aliphatic heterocycles. The number of nitrogens with zero attached hydrogens (tertiary/aromatic N) is 2. The third kappa shape index (κ3) is 6.09. The highest BCUT2D eigenvalue weighted by molar-refractivity contribution is 6.07. The standard InChI is InChI=1S/C29H35N5O3/c1-17(2)11-24-22-8-6-5-7-19(22)15-21(33-24)9-10-25(35)23-13-18(14-26(36-3)27(23)37-4)12-20-16-32-29(31)34-28(20)30/h5-10,13-14,16-17,21,24,33H,11-12,15H2,1-4H3,(H4,30,31,32,34). The Bertz CT molecular complexity index is 1300. The molecule has 0 saturated carbocycles. The number of aromatic nitrogens is 2. The van der Waals surface area contributed by atoms with Gasteiger partial charge in [0, 0.05) is 30.3 Å². The summed E-state index contributed by atoms with van der Waals surface area (Å²) in [7, 11) is 3.07. The fourth-order valence-electron chi connectivity index (χ4n) is 4.88. The Labute approximate surface area is 218 Å². The molecule has 0 radical (unpaired) electrons. The van der Waals surface area contributed by atoms with E-state index < -0.39 is 0 Å². The van der Waals surface area contributed by atoms with Crippen LogP contribution in [0.15, 0.2) is 54.7 Å². The Morgan fingerprint density at radius 2 is 1.97 bits per heavy atom. The van der Waals surface area contributed by atoms with Gasteiger partial charge in [0.2, 0.25) is 5.95 Å². The van der Waals surface area contributed by atoms with Gasteiger partial charge >= 0.3 is 0 Å². The van der Waals surface area contributed by atoms with E-state index in [9.17, 15) is 4.79 Å². The molecule has 0 spiro atoms. The van der Waals surface area contributed by atoms with E-state index in [1.807, 2.05) is 12.1 Å².